The molecule has 3 atom stereocenters. The van der Waals surface area contributed by atoms with Crippen molar-refractivity contribution in [3.63, 3.8) is 0 Å². The zero-order valence-electron chi connectivity index (χ0n) is 7.92. The third-order valence-corrected chi connectivity index (χ3v) is 2.59. The van der Waals surface area contributed by atoms with E-state index in [0.29, 0.717) is 6.42 Å². The van der Waals surface area contributed by atoms with Crippen molar-refractivity contribution in [2.24, 2.45) is 5.92 Å². The molecule has 3 nitrogen and oxygen atoms in total. The second-order valence-electron chi connectivity index (χ2n) is 3.54. The van der Waals surface area contributed by atoms with Crippen molar-refractivity contribution in [1.82, 2.24) is 0 Å². The third kappa shape index (κ3) is 1.68. The summed E-state index contributed by atoms with van der Waals surface area (Å²) in [5.41, 5.74) is -2.17. The van der Waals surface area contributed by atoms with Crippen molar-refractivity contribution in [3.8, 4) is 0 Å². The molecule has 1 fully saturated rings. The molecule has 0 heterocycles. The Kier molecular flexibility index (Phi) is 2.91. The highest BCUT2D eigenvalue weighted by atomic mass is 19.1. The average Bonchev–Trinajstić information content (AvgIpc) is 2.35. The standard InChI is InChI=1S/C9H15FO3/c1-3-13-8(12)9(10)5-4-6(2)7(9)11/h6-7,11H,3-5H2,1-2H3. The van der Waals surface area contributed by atoms with Crippen LogP contribution in [0.5, 0.6) is 0 Å². The SMILES string of the molecule is CCOC(=O)C1(F)CCC(C)C1O. The van der Waals surface area contributed by atoms with E-state index < -0.39 is 17.7 Å². The fourth-order valence-electron chi connectivity index (χ4n) is 1.67. The van der Waals surface area contributed by atoms with E-state index in [1.807, 2.05) is 0 Å². The van der Waals surface area contributed by atoms with Gasteiger partial charge in [-0.15, -0.1) is 0 Å². The summed E-state index contributed by atoms with van der Waals surface area (Å²) in [6, 6.07) is 0. The molecule has 1 aliphatic carbocycles. The Hall–Kier alpha value is -0.640. The van der Waals surface area contributed by atoms with Gasteiger partial charge in [-0.05, 0) is 25.7 Å². The molecule has 0 aromatic carbocycles. The first-order chi connectivity index (χ1) is 6.02. The number of carbonyl (C=O) groups excluding carboxylic acids is 1. The number of alkyl halides is 1. The van der Waals surface area contributed by atoms with Crippen molar-refractivity contribution in [2.75, 3.05) is 6.61 Å². The smallest absolute Gasteiger partial charge is 0.346 e. The molecule has 0 spiro atoms. The summed E-state index contributed by atoms with van der Waals surface area (Å²) < 4.78 is 18.4. The molecule has 1 N–H and O–H groups in total. The summed E-state index contributed by atoms with van der Waals surface area (Å²) in [6.45, 7) is 3.49. The van der Waals surface area contributed by atoms with Gasteiger partial charge in [-0.2, -0.15) is 0 Å². The number of rotatable bonds is 2. The lowest BCUT2D eigenvalue weighted by Crippen LogP contribution is -2.44. The van der Waals surface area contributed by atoms with Crippen LogP contribution in [0.1, 0.15) is 26.7 Å². The Bertz CT molecular complexity index is 207. The van der Waals surface area contributed by atoms with Crippen molar-refractivity contribution in [2.45, 2.75) is 38.5 Å². The van der Waals surface area contributed by atoms with E-state index in [2.05, 4.69) is 4.74 Å². The average molecular weight is 190 g/mol. The molecule has 0 amide bonds. The van der Waals surface area contributed by atoms with Crippen molar-refractivity contribution in [1.29, 1.82) is 0 Å². The first-order valence-corrected chi connectivity index (χ1v) is 4.56. The lowest BCUT2D eigenvalue weighted by Gasteiger charge is -2.22. The van der Waals surface area contributed by atoms with Gasteiger partial charge in [-0.1, -0.05) is 6.92 Å². The summed E-state index contributed by atoms with van der Waals surface area (Å²) in [5.74, 6) is -1.10. The molecule has 1 saturated carbocycles. The molecular weight excluding hydrogens is 175 g/mol. The summed E-state index contributed by atoms with van der Waals surface area (Å²) in [4.78, 5) is 11.2. The van der Waals surface area contributed by atoms with E-state index in [1.165, 1.54) is 0 Å². The van der Waals surface area contributed by atoms with Crippen LogP contribution in [0.15, 0.2) is 0 Å². The Labute approximate surface area is 76.9 Å². The summed E-state index contributed by atoms with van der Waals surface area (Å²) in [7, 11) is 0. The van der Waals surface area contributed by atoms with E-state index in [0.717, 1.165) is 0 Å². The zero-order valence-corrected chi connectivity index (χ0v) is 7.92. The molecule has 0 aliphatic heterocycles. The zero-order chi connectivity index (χ0) is 10.1. The van der Waals surface area contributed by atoms with Gasteiger partial charge < -0.3 is 9.84 Å². The van der Waals surface area contributed by atoms with Gasteiger partial charge in [0.05, 0.1) is 6.61 Å². The maximum absolute atomic E-state index is 13.8. The number of hydrogen-bond acceptors (Lipinski definition) is 3. The Balaban J connectivity index is 2.71. The summed E-state index contributed by atoms with van der Waals surface area (Å²) in [6.07, 6.45) is -0.628. The van der Waals surface area contributed by atoms with Crippen LogP contribution in [0, 0.1) is 5.92 Å². The van der Waals surface area contributed by atoms with Gasteiger partial charge in [0.15, 0.2) is 0 Å². The van der Waals surface area contributed by atoms with Crippen LogP contribution in [0.25, 0.3) is 0 Å². The predicted molar refractivity (Wildman–Crippen MR) is 44.9 cm³/mol. The van der Waals surface area contributed by atoms with Crippen molar-refractivity contribution < 1.29 is 19.0 Å². The maximum Gasteiger partial charge on any atom is 0.346 e. The molecule has 0 radical (unpaired) electrons. The maximum atomic E-state index is 13.8. The molecule has 0 bridgehead atoms. The fourth-order valence-corrected chi connectivity index (χ4v) is 1.67. The normalized spacial score (nSPS) is 39.1. The van der Waals surface area contributed by atoms with Crippen LogP contribution in [0.4, 0.5) is 4.39 Å². The number of carbonyl (C=O) groups is 1. The van der Waals surface area contributed by atoms with Gasteiger partial charge in [0.25, 0.3) is 0 Å². The predicted octanol–water partition coefficient (Wildman–Crippen LogP) is 1.05. The molecule has 0 aromatic rings. The summed E-state index contributed by atoms with van der Waals surface area (Å²) >= 11 is 0. The van der Waals surface area contributed by atoms with E-state index in [-0.39, 0.29) is 18.9 Å². The Morgan fingerprint density at radius 1 is 1.77 bits per heavy atom. The highest BCUT2D eigenvalue weighted by Gasteiger charge is 2.53. The third-order valence-electron chi connectivity index (χ3n) is 2.59. The minimum absolute atomic E-state index is 0.0637. The van der Waals surface area contributed by atoms with Gasteiger partial charge in [-0.25, -0.2) is 9.18 Å². The minimum Gasteiger partial charge on any atom is -0.464 e. The van der Waals surface area contributed by atoms with Gasteiger partial charge in [0.2, 0.25) is 5.67 Å². The fraction of sp³-hybridized carbons (Fsp3) is 0.889. The molecule has 13 heavy (non-hydrogen) atoms. The van der Waals surface area contributed by atoms with E-state index >= 15 is 0 Å². The summed E-state index contributed by atoms with van der Waals surface area (Å²) in [5, 5.41) is 9.44. The minimum atomic E-state index is -2.17. The van der Waals surface area contributed by atoms with Gasteiger partial charge in [-0.3, -0.25) is 0 Å². The lowest BCUT2D eigenvalue weighted by atomic mass is 9.99. The lowest BCUT2D eigenvalue weighted by molar-refractivity contribution is -0.164. The van der Waals surface area contributed by atoms with Crippen LogP contribution in [0.2, 0.25) is 0 Å². The Morgan fingerprint density at radius 2 is 2.38 bits per heavy atom. The molecule has 0 aromatic heterocycles. The van der Waals surface area contributed by atoms with Gasteiger partial charge >= 0.3 is 5.97 Å². The molecular formula is C9H15FO3. The van der Waals surface area contributed by atoms with Crippen LogP contribution >= 0.6 is 0 Å². The topological polar surface area (TPSA) is 46.5 Å². The van der Waals surface area contributed by atoms with Crippen LogP contribution in [-0.4, -0.2) is 29.5 Å². The second kappa shape index (κ2) is 3.62. The number of hydrogen-bond donors (Lipinski definition) is 1. The van der Waals surface area contributed by atoms with Crippen LogP contribution in [-0.2, 0) is 9.53 Å². The molecule has 3 unspecified atom stereocenters. The number of ether oxygens (including phenoxy) is 1. The van der Waals surface area contributed by atoms with Crippen molar-refractivity contribution >= 4 is 5.97 Å². The monoisotopic (exact) mass is 190 g/mol. The molecule has 1 aliphatic rings. The highest BCUT2D eigenvalue weighted by molar-refractivity contribution is 5.80. The quantitative estimate of drug-likeness (QED) is 0.662. The van der Waals surface area contributed by atoms with Crippen LogP contribution in [0.3, 0.4) is 0 Å². The first kappa shape index (κ1) is 10.4. The molecule has 76 valence electrons. The molecule has 1 rings (SSSR count). The molecule has 0 saturated heterocycles. The van der Waals surface area contributed by atoms with Gasteiger partial charge in [0.1, 0.15) is 6.10 Å². The molecule has 4 heteroatoms. The highest BCUT2D eigenvalue weighted by Crippen LogP contribution is 2.38. The number of aliphatic hydroxyl groups is 1. The van der Waals surface area contributed by atoms with Crippen LogP contribution < -0.4 is 0 Å². The van der Waals surface area contributed by atoms with E-state index in [1.54, 1.807) is 13.8 Å². The van der Waals surface area contributed by atoms with Gasteiger partial charge in [0, 0.05) is 0 Å². The van der Waals surface area contributed by atoms with E-state index in [4.69, 9.17) is 0 Å². The Morgan fingerprint density at radius 3 is 2.77 bits per heavy atom. The van der Waals surface area contributed by atoms with E-state index in [9.17, 15) is 14.3 Å². The largest absolute Gasteiger partial charge is 0.464 e. The number of esters is 1. The number of aliphatic hydroxyl groups excluding tert-OH is 1. The first-order valence-electron chi connectivity index (χ1n) is 4.56. The number of halogens is 1. The second-order valence-corrected chi connectivity index (χ2v) is 3.54. The van der Waals surface area contributed by atoms with Crippen molar-refractivity contribution in [3.05, 3.63) is 0 Å².